The minimum atomic E-state index is 0. The van der Waals surface area contributed by atoms with Crippen LogP contribution in [0.1, 0.15) is 71.1 Å². The minimum Gasteiger partial charge on any atom is -0.344 e. The van der Waals surface area contributed by atoms with Gasteiger partial charge in [-0.3, -0.25) is 0 Å². The van der Waals surface area contributed by atoms with Crippen LogP contribution in [0.3, 0.4) is 0 Å². The second-order valence-electron chi connectivity index (χ2n) is 3.91. The van der Waals surface area contributed by atoms with Gasteiger partial charge in [-0.25, -0.2) is 0 Å². The molecule has 0 aliphatic rings. The minimum absolute atomic E-state index is 0. The largest absolute Gasteiger partial charge is 0.344 e. The van der Waals surface area contributed by atoms with E-state index in [1.54, 1.807) is 0 Å². The summed E-state index contributed by atoms with van der Waals surface area (Å²) >= 11 is 0. The lowest BCUT2D eigenvalue weighted by Gasteiger charge is -2.00. The normalized spacial score (nSPS) is 8.87. The quantitative estimate of drug-likeness (QED) is 0.378. The van der Waals surface area contributed by atoms with Crippen LogP contribution < -0.4 is 12.3 Å². The molecule has 0 unspecified atom stereocenters. The average Bonchev–Trinajstić information content (AvgIpc) is 2.16. The Kier molecular flexibility index (Phi) is 25.8. The summed E-state index contributed by atoms with van der Waals surface area (Å²) < 4.78 is 0. The molecule has 0 aliphatic heterocycles. The fraction of sp³-hybridized carbons (Fsp3) is 0.846. The lowest BCUT2D eigenvalue weighted by Crippen LogP contribution is -1.80. The Bertz CT molecular complexity index is 103. The summed E-state index contributed by atoms with van der Waals surface area (Å²) in [6, 6.07) is 0. The van der Waals surface area contributed by atoms with Gasteiger partial charge in [-0.05, 0) is 12.8 Å². The number of hydrogen-bond acceptors (Lipinski definition) is 2. The van der Waals surface area contributed by atoms with E-state index in [0.29, 0.717) is 0 Å². The van der Waals surface area contributed by atoms with Crippen molar-refractivity contribution in [3.05, 3.63) is 12.7 Å². The van der Waals surface area contributed by atoms with Crippen molar-refractivity contribution in [3.8, 4) is 0 Å². The molecule has 0 rings (SSSR count). The van der Waals surface area contributed by atoms with Gasteiger partial charge < -0.3 is 12.3 Å². The SMILES string of the molecule is C=CCCCCCCCCCCC.N.N. The van der Waals surface area contributed by atoms with Crippen molar-refractivity contribution >= 4 is 0 Å². The summed E-state index contributed by atoms with van der Waals surface area (Å²) in [6.45, 7) is 6.00. The van der Waals surface area contributed by atoms with Gasteiger partial charge in [0.05, 0.1) is 0 Å². The van der Waals surface area contributed by atoms with E-state index >= 15 is 0 Å². The summed E-state index contributed by atoms with van der Waals surface area (Å²) in [7, 11) is 0. The van der Waals surface area contributed by atoms with Gasteiger partial charge in [-0.1, -0.05) is 64.4 Å². The first-order valence-corrected chi connectivity index (χ1v) is 6.02. The van der Waals surface area contributed by atoms with Crippen LogP contribution in [0, 0.1) is 0 Å². The highest BCUT2D eigenvalue weighted by Gasteiger charge is 1.90. The Morgan fingerprint density at radius 2 is 1.13 bits per heavy atom. The van der Waals surface area contributed by atoms with Gasteiger partial charge in [0.25, 0.3) is 0 Å². The molecular weight excluding hydrogens is 184 g/mol. The predicted molar refractivity (Wildman–Crippen MR) is 72.1 cm³/mol. The van der Waals surface area contributed by atoms with Crippen LogP contribution in [0.15, 0.2) is 12.7 Å². The third-order valence-corrected chi connectivity index (χ3v) is 2.51. The van der Waals surface area contributed by atoms with E-state index < -0.39 is 0 Å². The molecule has 15 heavy (non-hydrogen) atoms. The molecule has 0 amide bonds. The third-order valence-electron chi connectivity index (χ3n) is 2.51. The van der Waals surface area contributed by atoms with Crippen LogP contribution in [-0.2, 0) is 0 Å². The molecule has 0 aromatic heterocycles. The van der Waals surface area contributed by atoms with E-state index in [2.05, 4.69) is 13.5 Å². The Hall–Kier alpha value is -0.340. The molecule has 0 aromatic carbocycles. The Labute approximate surface area is 96.7 Å². The number of hydrogen-bond donors (Lipinski definition) is 2. The van der Waals surface area contributed by atoms with E-state index in [1.807, 2.05) is 6.08 Å². The zero-order valence-corrected chi connectivity index (χ0v) is 10.8. The van der Waals surface area contributed by atoms with Crippen LogP contribution in [0.25, 0.3) is 0 Å². The smallest absolute Gasteiger partial charge is 0.0353 e. The van der Waals surface area contributed by atoms with Gasteiger partial charge in [-0.15, -0.1) is 6.58 Å². The van der Waals surface area contributed by atoms with Crippen LogP contribution in [0.4, 0.5) is 0 Å². The van der Waals surface area contributed by atoms with E-state index in [-0.39, 0.29) is 12.3 Å². The topological polar surface area (TPSA) is 70.0 Å². The summed E-state index contributed by atoms with van der Waals surface area (Å²) in [4.78, 5) is 0. The fourth-order valence-electron chi connectivity index (χ4n) is 1.60. The standard InChI is InChI=1S/C13H26.2H3N/c1-3-5-7-9-11-13-12-10-8-6-4-2;;/h3H,1,4-13H2,2H3;2*1H3. The van der Waals surface area contributed by atoms with Crippen molar-refractivity contribution in [2.24, 2.45) is 0 Å². The molecule has 0 atom stereocenters. The maximum atomic E-state index is 3.73. The van der Waals surface area contributed by atoms with E-state index in [1.165, 1.54) is 64.2 Å². The molecule has 0 saturated carbocycles. The van der Waals surface area contributed by atoms with Gasteiger partial charge in [0.1, 0.15) is 0 Å². The van der Waals surface area contributed by atoms with Gasteiger partial charge in [0.2, 0.25) is 0 Å². The maximum Gasteiger partial charge on any atom is -0.0353 e. The number of allylic oxidation sites excluding steroid dienone is 1. The highest BCUT2D eigenvalue weighted by atomic mass is 14.0. The average molecular weight is 216 g/mol. The van der Waals surface area contributed by atoms with Crippen molar-refractivity contribution in [2.45, 2.75) is 71.1 Å². The molecule has 0 spiro atoms. The lowest BCUT2D eigenvalue weighted by atomic mass is 10.1. The van der Waals surface area contributed by atoms with Gasteiger partial charge in [0.15, 0.2) is 0 Å². The molecule has 0 bridgehead atoms. The Balaban J connectivity index is -0.000000720. The molecule has 0 fully saturated rings. The highest BCUT2D eigenvalue weighted by Crippen LogP contribution is 2.10. The molecule has 2 nitrogen and oxygen atoms in total. The molecular formula is C13H32N2. The number of unbranched alkanes of at least 4 members (excludes halogenated alkanes) is 9. The van der Waals surface area contributed by atoms with E-state index in [4.69, 9.17) is 0 Å². The maximum absolute atomic E-state index is 3.73. The molecule has 0 aliphatic carbocycles. The highest BCUT2D eigenvalue weighted by molar-refractivity contribution is 4.65. The first kappa shape index (κ1) is 20.1. The van der Waals surface area contributed by atoms with Gasteiger partial charge >= 0.3 is 0 Å². The lowest BCUT2D eigenvalue weighted by molar-refractivity contribution is 0.566. The monoisotopic (exact) mass is 216 g/mol. The third kappa shape index (κ3) is 19.9. The van der Waals surface area contributed by atoms with Crippen LogP contribution in [0.5, 0.6) is 0 Å². The van der Waals surface area contributed by atoms with Crippen molar-refractivity contribution < 1.29 is 0 Å². The second kappa shape index (κ2) is 19.3. The van der Waals surface area contributed by atoms with E-state index in [9.17, 15) is 0 Å². The molecule has 2 heteroatoms. The van der Waals surface area contributed by atoms with Crippen molar-refractivity contribution in [1.82, 2.24) is 12.3 Å². The van der Waals surface area contributed by atoms with E-state index in [0.717, 1.165) is 0 Å². The summed E-state index contributed by atoms with van der Waals surface area (Å²) in [6.07, 6.45) is 16.0. The zero-order valence-electron chi connectivity index (χ0n) is 10.8. The van der Waals surface area contributed by atoms with Gasteiger partial charge in [0, 0.05) is 0 Å². The van der Waals surface area contributed by atoms with Crippen LogP contribution >= 0.6 is 0 Å². The van der Waals surface area contributed by atoms with Crippen LogP contribution in [0.2, 0.25) is 0 Å². The first-order valence-electron chi connectivity index (χ1n) is 6.02. The predicted octanol–water partition coefficient (Wildman–Crippen LogP) is 5.42. The summed E-state index contributed by atoms with van der Waals surface area (Å²) in [5, 5.41) is 0. The second-order valence-corrected chi connectivity index (χ2v) is 3.91. The Morgan fingerprint density at radius 1 is 0.733 bits per heavy atom. The van der Waals surface area contributed by atoms with Crippen molar-refractivity contribution in [1.29, 1.82) is 0 Å². The van der Waals surface area contributed by atoms with Gasteiger partial charge in [-0.2, -0.15) is 0 Å². The molecule has 0 saturated heterocycles. The zero-order chi connectivity index (χ0) is 9.78. The molecule has 94 valence electrons. The first-order chi connectivity index (χ1) is 6.41. The van der Waals surface area contributed by atoms with Crippen LogP contribution in [-0.4, -0.2) is 0 Å². The summed E-state index contributed by atoms with van der Waals surface area (Å²) in [5.74, 6) is 0. The summed E-state index contributed by atoms with van der Waals surface area (Å²) in [5.41, 5.74) is 0. The molecule has 6 N–H and O–H groups in total. The van der Waals surface area contributed by atoms with Crippen molar-refractivity contribution in [2.75, 3.05) is 0 Å². The molecule has 0 heterocycles. The Morgan fingerprint density at radius 3 is 1.53 bits per heavy atom. The molecule has 0 aromatic rings. The van der Waals surface area contributed by atoms with Crippen molar-refractivity contribution in [3.63, 3.8) is 0 Å². The molecule has 0 radical (unpaired) electrons. The number of rotatable bonds is 10. The fourth-order valence-corrected chi connectivity index (χ4v) is 1.60.